The van der Waals surface area contributed by atoms with Crippen LogP contribution in [0.5, 0.6) is 0 Å². The van der Waals surface area contributed by atoms with Crippen LogP contribution in [-0.4, -0.2) is 65.7 Å². The van der Waals surface area contributed by atoms with Crippen LogP contribution in [0.25, 0.3) is 0 Å². The van der Waals surface area contributed by atoms with Gasteiger partial charge in [-0.2, -0.15) is 13.2 Å². The molecule has 1 atom stereocenters. The molecule has 0 aliphatic carbocycles. The summed E-state index contributed by atoms with van der Waals surface area (Å²) < 4.78 is 39.2. The van der Waals surface area contributed by atoms with Gasteiger partial charge in [-0.05, 0) is 26.3 Å². The Bertz CT molecular complexity index is 543. The van der Waals surface area contributed by atoms with Crippen LogP contribution >= 0.6 is 0 Å². The van der Waals surface area contributed by atoms with Gasteiger partial charge in [0.05, 0.1) is 5.60 Å². The zero-order chi connectivity index (χ0) is 17.4. The molecular formula is C14H21F3N4O2. The smallest absolute Gasteiger partial charge is 0.384 e. The number of rotatable bonds is 2. The van der Waals surface area contributed by atoms with Crippen molar-refractivity contribution in [3.63, 3.8) is 0 Å². The average Bonchev–Trinajstić information content (AvgIpc) is 2.45. The van der Waals surface area contributed by atoms with Crippen molar-refractivity contribution in [2.75, 3.05) is 26.2 Å². The third-order valence-corrected chi connectivity index (χ3v) is 3.85. The highest BCUT2D eigenvalue weighted by molar-refractivity contribution is 5.96. The number of aliphatic imine (C=N–C) groups is 1. The van der Waals surface area contributed by atoms with Crippen molar-refractivity contribution in [2.45, 2.75) is 38.6 Å². The van der Waals surface area contributed by atoms with Crippen LogP contribution in [0.2, 0.25) is 0 Å². The van der Waals surface area contributed by atoms with Crippen LogP contribution in [0.4, 0.5) is 13.2 Å². The molecule has 0 aromatic rings. The van der Waals surface area contributed by atoms with E-state index in [-0.39, 0.29) is 5.70 Å². The summed E-state index contributed by atoms with van der Waals surface area (Å²) in [6.07, 6.45) is -4.72. The molecule has 1 saturated heterocycles. The van der Waals surface area contributed by atoms with Gasteiger partial charge < -0.3 is 20.6 Å². The second kappa shape index (κ2) is 6.12. The number of carbonyl (C=O) groups excluding carboxylic acids is 1. The molecule has 9 heteroatoms. The molecule has 0 saturated carbocycles. The minimum absolute atomic E-state index is 0.0340. The van der Waals surface area contributed by atoms with E-state index in [0.717, 1.165) is 0 Å². The van der Waals surface area contributed by atoms with Gasteiger partial charge >= 0.3 is 6.18 Å². The molecule has 0 bridgehead atoms. The Kier molecular flexibility index (Phi) is 4.72. The summed E-state index contributed by atoms with van der Waals surface area (Å²) in [4.78, 5) is 17.7. The number of piperazine rings is 1. The Morgan fingerprint density at radius 1 is 1.30 bits per heavy atom. The van der Waals surface area contributed by atoms with E-state index in [4.69, 9.17) is 0 Å². The summed E-state index contributed by atoms with van der Waals surface area (Å²) in [7, 11) is 0. The summed E-state index contributed by atoms with van der Waals surface area (Å²) in [5.41, 5.74) is -1.28. The SMILES string of the molecule is CC1=C(C(C)(C)O)NC(C(F)(F)F)=NC1C(=O)N1CCNCC1. The zero-order valence-corrected chi connectivity index (χ0v) is 13.3. The fourth-order valence-electron chi connectivity index (χ4n) is 2.69. The Hall–Kier alpha value is -1.61. The molecule has 3 N–H and O–H groups in total. The largest absolute Gasteiger partial charge is 0.449 e. The lowest BCUT2D eigenvalue weighted by atomic mass is 9.94. The molecule has 2 aliphatic heterocycles. The molecule has 1 fully saturated rings. The maximum Gasteiger partial charge on any atom is 0.449 e. The molecule has 23 heavy (non-hydrogen) atoms. The first-order chi connectivity index (χ1) is 10.5. The molecule has 0 aromatic carbocycles. The molecule has 1 amide bonds. The van der Waals surface area contributed by atoms with Gasteiger partial charge in [0.2, 0.25) is 5.84 Å². The number of alkyl halides is 3. The van der Waals surface area contributed by atoms with E-state index < -0.39 is 29.6 Å². The quantitative estimate of drug-likeness (QED) is 0.683. The van der Waals surface area contributed by atoms with Crippen molar-refractivity contribution in [3.8, 4) is 0 Å². The molecule has 2 rings (SSSR count). The second-order valence-corrected chi connectivity index (χ2v) is 6.20. The standard InChI is InChI=1S/C14H21F3N4O2/c1-8-9(11(22)21-6-4-18-5-7-21)19-12(14(15,16)17)20-10(8)13(2,3)23/h9,18,23H,4-7H2,1-3H3,(H,19,20). The molecule has 6 nitrogen and oxygen atoms in total. The highest BCUT2D eigenvalue weighted by Crippen LogP contribution is 2.29. The molecule has 1 unspecified atom stereocenters. The number of hydrogen-bond donors (Lipinski definition) is 3. The average molecular weight is 334 g/mol. The first-order valence-electron chi connectivity index (χ1n) is 7.37. The maximum atomic E-state index is 13.1. The number of amidine groups is 1. The maximum absolute atomic E-state index is 13.1. The van der Waals surface area contributed by atoms with Crippen LogP contribution in [0.15, 0.2) is 16.3 Å². The van der Waals surface area contributed by atoms with Crippen LogP contribution in [0.1, 0.15) is 20.8 Å². The van der Waals surface area contributed by atoms with Gasteiger partial charge in [-0.15, -0.1) is 0 Å². The fourth-order valence-corrected chi connectivity index (χ4v) is 2.69. The Morgan fingerprint density at radius 3 is 2.35 bits per heavy atom. The van der Waals surface area contributed by atoms with E-state index in [1.54, 1.807) is 0 Å². The van der Waals surface area contributed by atoms with E-state index >= 15 is 0 Å². The van der Waals surface area contributed by atoms with Crippen molar-refractivity contribution >= 4 is 11.7 Å². The molecule has 0 aromatic heterocycles. The Balaban J connectivity index is 2.39. The minimum Gasteiger partial charge on any atom is -0.384 e. The summed E-state index contributed by atoms with van der Waals surface area (Å²) in [6, 6.07) is -1.27. The van der Waals surface area contributed by atoms with Crippen molar-refractivity contribution in [1.82, 2.24) is 15.5 Å². The predicted molar refractivity (Wildman–Crippen MR) is 78.9 cm³/mol. The third-order valence-electron chi connectivity index (χ3n) is 3.85. The molecule has 0 spiro atoms. The van der Waals surface area contributed by atoms with Gasteiger partial charge in [0.1, 0.15) is 0 Å². The predicted octanol–water partition coefficient (Wildman–Crippen LogP) is 0.396. The summed E-state index contributed by atoms with van der Waals surface area (Å²) in [5, 5.41) is 15.3. The van der Waals surface area contributed by atoms with E-state index in [9.17, 15) is 23.1 Å². The van der Waals surface area contributed by atoms with Crippen LogP contribution in [0, 0.1) is 0 Å². The van der Waals surface area contributed by atoms with Crippen molar-refractivity contribution in [3.05, 3.63) is 11.3 Å². The number of carbonyl (C=O) groups is 1. The van der Waals surface area contributed by atoms with Gasteiger partial charge in [0, 0.05) is 31.9 Å². The van der Waals surface area contributed by atoms with Crippen molar-refractivity contribution in [2.24, 2.45) is 4.99 Å². The Labute approximate surface area is 132 Å². The first-order valence-corrected chi connectivity index (χ1v) is 7.37. The fraction of sp³-hybridized carbons (Fsp3) is 0.714. The number of aliphatic hydroxyl groups is 1. The van der Waals surface area contributed by atoms with E-state index in [1.807, 2.05) is 0 Å². The lowest BCUT2D eigenvalue weighted by molar-refractivity contribution is -0.132. The number of amides is 1. The first kappa shape index (κ1) is 17.7. The highest BCUT2D eigenvalue weighted by Gasteiger charge is 2.44. The van der Waals surface area contributed by atoms with E-state index in [0.29, 0.717) is 31.8 Å². The number of halogens is 3. The lowest BCUT2D eigenvalue weighted by Gasteiger charge is -2.35. The number of nitrogens with one attached hydrogen (secondary N) is 2. The van der Waals surface area contributed by atoms with E-state index in [2.05, 4.69) is 15.6 Å². The summed E-state index contributed by atoms with van der Waals surface area (Å²) in [6.45, 7) is 6.27. The number of hydrogen-bond acceptors (Lipinski definition) is 5. The topological polar surface area (TPSA) is 77.0 Å². The van der Waals surface area contributed by atoms with Gasteiger partial charge in [-0.1, -0.05) is 0 Å². The third kappa shape index (κ3) is 3.84. The van der Waals surface area contributed by atoms with Crippen molar-refractivity contribution < 1.29 is 23.1 Å². The van der Waals surface area contributed by atoms with Gasteiger partial charge in [0.15, 0.2) is 6.04 Å². The normalized spacial score (nSPS) is 23.5. The lowest BCUT2D eigenvalue weighted by Crippen LogP contribution is -2.53. The van der Waals surface area contributed by atoms with Gasteiger partial charge in [0.25, 0.3) is 5.91 Å². The van der Waals surface area contributed by atoms with Crippen LogP contribution in [-0.2, 0) is 4.79 Å². The molecule has 0 radical (unpaired) electrons. The summed E-state index contributed by atoms with van der Waals surface area (Å²) in [5.74, 6) is -1.73. The van der Waals surface area contributed by atoms with Crippen LogP contribution in [0.3, 0.4) is 0 Å². The molecule has 2 aliphatic rings. The van der Waals surface area contributed by atoms with Gasteiger partial charge in [-0.25, -0.2) is 4.99 Å². The molecule has 130 valence electrons. The highest BCUT2D eigenvalue weighted by atomic mass is 19.4. The minimum atomic E-state index is -4.72. The zero-order valence-electron chi connectivity index (χ0n) is 13.3. The number of nitrogens with zero attached hydrogens (tertiary/aromatic N) is 2. The molecule has 2 heterocycles. The Morgan fingerprint density at radius 2 is 1.87 bits per heavy atom. The second-order valence-electron chi connectivity index (χ2n) is 6.20. The van der Waals surface area contributed by atoms with Gasteiger partial charge in [-0.3, -0.25) is 4.79 Å². The monoisotopic (exact) mass is 334 g/mol. The van der Waals surface area contributed by atoms with E-state index in [1.165, 1.54) is 25.7 Å². The molecular weight excluding hydrogens is 313 g/mol. The van der Waals surface area contributed by atoms with Crippen molar-refractivity contribution in [1.29, 1.82) is 0 Å². The summed E-state index contributed by atoms with van der Waals surface area (Å²) >= 11 is 0. The van der Waals surface area contributed by atoms with Crippen LogP contribution < -0.4 is 10.6 Å².